The lowest BCUT2D eigenvalue weighted by Crippen LogP contribution is -2.12. The summed E-state index contributed by atoms with van der Waals surface area (Å²) in [6, 6.07) is 3.19. The number of hydrogen-bond acceptors (Lipinski definition) is 3. The van der Waals surface area contributed by atoms with Crippen LogP contribution in [0.15, 0.2) is 12.1 Å². The van der Waals surface area contributed by atoms with Crippen LogP contribution in [0.5, 0.6) is 0 Å². The fourth-order valence-electron chi connectivity index (χ4n) is 1.06. The van der Waals surface area contributed by atoms with E-state index in [1.54, 1.807) is 12.1 Å². The number of halogens is 1. The molecule has 0 aromatic carbocycles. The van der Waals surface area contributed by atoms with Gasteiger partial charge in [0.15, 0.2) is 5.69 Å². The Morgan fingerprint density at radius 2 is 2.27 bits per heavy atom. The molecule has 1 aromatic rings. The van der Waals surface area contributed by atoms with Crippen LogP contribution in [-0.4, -0.2) is 22.6 Å². The molecular formula is C10H13ClN2O2. The van der Waals surface area contributed by atoms with Crippen molar-refractivity contribution < 1.29 is 9.90 Å². The monoisotopic (exact) mass is 228 g/mol. The number of nitrogens with zero attached hydrogens (tertiary/aromatic N) is 1. The molecule has 5 heteroatoms. The summed E-state index contributed by atoms with van der Waals surface area (Å²) in [5.74, 6) is -0.647. The van der Waals surface area contributed by atoms with Crippen LogP contribution in [0, 0.1) is 5.92 Å². The first-order chi connectivity index (χ1) is 7.00. The van der Waals surface area contributed by atoms with Crippen LogP contribution < -0.4 is 5.32 Å². The third kappa shape index (κ3) is 3.40. The highest BCUT2D eigenvalue weighted by Crippen LogP contribution is 2.17. The zero-order chi connectivity index (χ0) is 11.4. The van der Waals surface area contributed by atoms with Crippen LogP contribution in [0.2, 0.25) is 5.15 Å². The van der Waals surface area contributed by atoms with Gasteiger partial charge in [-0.15, -0.1) is 0 Å². The van der Waals surface area contributed by atoms with E-state index >= 15 is 0 Å². The molecule has 15 heavy (non-hydrogen) atoms. The second-order valence-corrected chi connectivity index (χ2v) is 4.00. The maximum atomic E-state index is 10.9. The van der Waals surface area contributed by atoms with E-state index in [1.165, 1.54) is 0 Å². The van der Waals surface area contributed by atoms with Gasteiger partial charge in [0, 0.05) is 6.54 Å². The number of pyridine rings is 1. The van der Waals surface area contributed by atoms with E-state index in [0.717, 1.165) is 0 Å². The van der Waals surface area contributed by atoms with Crippen LogP contribution in [0.4, 0.5) is 5.69 Å². The third-order valence-corrected chi connectivity index (χ3v) is 1.98. The molecular weight excluding hydrogens is 216 g/mol. The molecule has 0 spiro atoms. The summed E-state index contributed by atoms with van der Waals surface area (Å²) < 4.78 is 0. The Kier molecular flexibility index (Phi) is 3.91. The van der Waals surface area contributed by atoms with Crippen LogP contribution in [0.3, 0.4) is 0 Å². The summed E-state index contributed by atoms with van der Waals surface area (Å²) >= 11 is 5.62. The van der Waals surface area contributed by atoms with E-state index in [-0.39, 0.29) is 10.8 Å². The molecule has 0 radical (unpaired) electrons. The van der Waals surface area contributed by atoms with Crippen molar-refractivity contribution in [2.45, 2.75) is 13.8 Å². The van der Waals surface area contributed by atoms with Crippen molar-refractivity contribution in [2.75, 3.05) is 11.9 Å². The second-order valence-electron chi connectivity index (χ2n) is 3.61. The fourth-order valence-corrected chi connectivity index (χ4v) is 1.20. The first-order valence-electron chi connectivity index (χ1n) is 4.64. The van der Waals surface area contributed by atoms with Crippen molar-refractivity contribution in [3.8, 4) is 0 Å². The van der Waals surface area contributed by atoms with Crippen LogP contribution in [0.25, 0.3) is 0 Å². The van der Waals surface area contributed by atoms with Gasteiger partial charge in [0.2, 0.25) is 0 Å². The van der Waals surface area contributed by atoms with Crippen LogP contribution in [0.1, 0.15) is 24.3 Å². The van der Waals surface area contributed by atoms with Gasteiger partial charge in [-0.05, 0) is 18.1 Å². The number of nitrogens with one attached hydrogen (secondary N) is 1. The van der Waals surface area contributed by atoms with E-state index in [2.05, 4.69) is 10.3 Å². The molecule has 0 aliphatic rings. The van der Waals surface area contributed by atoms with Gasteiger partial charge >= 0.3 is 5.97 Å². The molecule has 0 saturated carbocycles. The van der Waals surface area contributed by atoms with Crippen molar-refractivity contribution in [3.63, 3.8) is 0 Å². The van der Waals surface area contributed by atoms with Gasteiger partial charge in [-0.25, -0.2) is 9.78 Å². The summed E-state index contributed by atoms with van der Waals surface area (Å²) in [5.41, 5.74) is 0.462. The first-order valence-corrected chi connectivity index (χ1v) is 5.02. The molecule has 4 nitrogen and oxygen atoms in total. The molecule has 82 valence electrons. The first kappa shape index (κ1) is 11.8. The predicted octanol–water partition coefficient (Wildman–Crippen LogP) is 2.50. The van der Waals surface area contributed by atoms with Gasteiger partial charge in [0.05, 0.1) is 5.69 Å². The standard InChI is InChI=1S/C10H13ClN2O2/c1-6(2)5-12-7-3-4-8(11)13-9(7)10(14)15/h3-4,6,12H,5H2,1-2H3,(H,14,15). The van der Waals surface area contributed by atoms with Crippen molar-refractivity contribution in [2.24, 2.45) is 5.92 Å². The van der Waals surface area contributed by atoms with Crippen molar-refractivity contribution in [1.29, 1.82) is 0 Å². The average molecular weight is 229 g/mol. The number of anilines is 1. The van der Waals surface area contributed by atoms with Gasteiger partial charge in [0.25, 0.3) is 0 Å². The van der Waals surface area contributed by atoms with Gasteiger partial charge in [-0.1, -0.05) is 25.4 Å². The number of carboxylic acids is 1. The highest BCUT2D eigenvalue weighted by Gasteiger charge is 2.12. The molecule has 0 amide bonds. The van der Waals surface area contributed by atoms with E-state index < -0.39 is 5.97 Å². The Bertz CT molecular complexity index is 366. The minimum atomic E-state index is -1.08. The highest BCUT2D eigenvalue weighted by molar-refractivity contribution is 6.29. The Hall–Kier alpha value is -1.29. The SMILES string of the molecule is CC(C)CNc1ccc(Cl)nc1C(=O)O. The number of carbonyl (C=O) groups is 1. The fraction of sp³-hybridized carbons (Fsp3) is 0.400. The van der Waals surface area contributed by atoms with Gasteiger partial charge in [-0.3, -0.25) is 0 Å². The molecule has 1 heterocycles. The molecule has 0 fully saturated rings. The summed E-state index contributed by atoms with van der Waals surface area (Å²) in [7, 11) is 0. The lowest BCUT2D eigenvalue weighted by Gasteiger charge is -2.10. The maximum Gasteiger partial charge on any atom is 0.356 e. The number of aromatic nitrogens is 1. The lowest BCUT2D eigenvalue weighted by atomic mass is 10.2. The van der Waals surface area contributed by atoms with E-state index in [9.17, 15) is 4.79 Å². The van der Waals surface area contributed by atoms with Crippen LogP contribution in [-0.2, 0) is 0 Å². The minimum absolute atomic E-state index is 0.0387. The normalized spacial score (nSPS) is 10.4. The maximum absolute atomic E-state index is 10.9. The molecule has 2 N–H and O–H groups in total. The largest absolute Gasteiger partial charge is 0.476 e. The van der Waals surface area contributed by atoms with E-state index in [4.69, 9.17) is 16.7 Å². The molecule has 0 atom stereocenters. The Labute approximate surface area is 93.3 Å². The molecule has 1 rings (SSSR count). The molecule has 1 aromatic heterocycles. The Balaban J connectivity index is 2.91. The summed E-state index contributed by atoms with van der Waals surface area (Å²) in [6.07, 6.45) is 0. The predicted molar refractivity (Wildman–Crippen MR) is 59.5 cm³/mol. The van der Waals surface area contributed by atoms with E-state index in [0.29, 0.717) is 18.2 Å². The number of rotatable bonds is 4. The molecule has 0 bridgehead atoms. The zero-order valence-electron chi connectivity index (χ0n) is 8.62. The van der Waals surface area contributed by atoms with Gasteiger partial charge in [0.1, 0.15) is 5.15 Å². The van der Waals surface area contributed by atoms with Gasteiger partial charge in [-0.2, -0.15) is 0 Å². The smallest absolute Gasteiger partial charge is 0.356 e. The number of hydrogen-bond donors (Lipinski definition) is 2. The van der Waals surface area contributed by atoms with Crippen molar-refractivity contribution in [1.82, 2.24) is 4.98 Å². The van der Waals surface area contributed by atoms with E-state index in [1.807, 2.05) is 13.8 Å². The number of aromatic carboxylic acids is 1. The summed E-state index contributed by atoms with van der Waals surface area (Å²) in [4.78, 5) is 14.6. The molecule has 0 unspecified atom stereocenters. The zero-order valence-corrected chi connectivity index (χ0v) is 9.38. The molecule has 0 saturated heterocycles. The van der Waals surface area contributed by atoms with Crippen LogP contribution >= 0.6 is 11.6 Å². The third-order valence-electron chi connectivity index (χ3n) is 1.76. The topological polar surface area (TPSA) is 62.2 Å². The van der Waals surface area contributed by atoms with Gasteiger partial charge < -0.3 is 10.4 Å². The highest BCUT2D eigenvalue weighted by atomic mass is 35.5. The Morgan fingerprint density at radius 1 is 1.60 bits per heavy atom. The van der Waals surface area contributed by atoms with Crippen molar-refractivity contribution in [3.05, 3.63) is 23.0 Å². The Morgan fingerprint density at radius 3 is 2.80 bits per heavy atom. The summed E-state index contributed by atoms with van der Waals surface area (Å²) in [5, 5.41) is 12.1. The van der Waals surface area contributed by atoms with Crippen molar-refractivity contribution >= 4 is 23.3 Å². The molecule has 0 aliphatic heterocycles. The average Bonchev–Trinajstić information content (AvgIpc) is 2.15. The molecule has 0 aliphatic carbocycles. The number of carboxylic acid groups (broad SMARTS) is 1. The summed E-state index contributed by atoms with van der Waals surface area (Å²) in [6.45, 7) is 4.77. The quantitative estimate of drug-likeness (QED) is 0.778. The minimum Gasteiger partial charge on any atom is -0.476 e. The lowest BCUT2D eigenvalue weighted by molar-refractivity contribution is 0.0691. The second kappa shape index (κ2) is 4.98.